The van der Waals surface area contributed by atoms with E-state index in [2.05, 4.69) is 10.3 Å². The Morgan fingerprint density at radius 1 is 1.30 bits per heavy atom. The summed E-state index contributed by atoms with van der Waals surface area (Å²) in [6.45, 7) is 0.495. The number of para-hydroxylation sites is 2. The van der Waals surface area contributed by atoms with Crippen LogP contribution in [-0.4, -0.2) is 28.6 Å². The van der Waals surface area contributed by atoms with Gasteiger partial charge in [0.15, 0.2) is 5.58 Å². The van der Waals surface area contributed by atoms with Crippen molar-refractivity contribution in [1.29, 1.82) is 0 Å². The number of nitrogens with one attached hydrogen (secondary N) is 1. The van der Waals surface area contributed by atoms with Crippen LogP contribution < -0.4 is 11.1 Å². The quantitative estimate of drug-likeness (QED) is 0.594. The summed E-state index contributed by atoms with van der Waals surface area (Å²) in [6, 6.07) is 7.00. The first kappa shape index (κ1) is 21.7. The SMILES string of the molecule is Cl.NC(CC1CCCCC1)C(=O)NCCCC(O)c1nc2ccccc2o1. The lowest BCUT2D eigenvalue weighted by Crippen LogP contribution is -2.42. The van der Waals surface area contributed by atoms with Crippen molar-refractivity contribution < 1.29 is 14.3 Å². The molecular weight excluding hydrogens is 366 g/mol. The minimum Gasteiger partial charge on any atom is -0.438 e. The molecule has 27 heavy (non-hydrogen) atoms. The fourth-order valence-electron chi connectivity index (χ4n) is 3.68. The van der Waals surface area contributed by atoms with Crippen LogP contribution in [0.4, 0.5) is 0 Å². The molecule has 6 nitrogen and oxygen atoms in total. The largest absolute Gasteiger partial charge is 0.438 e. The molecule has 1 fully saturated rings. The molecule has 2 unspecified atom stereocenters. The Kier molecular flexibility index (Phi) is 8.54. The van der Waals surface area contributed by atoms with Crippen molar-refractivity contribution in [3.8, 4) is 0 Å². The molecule has 2 atom stereocenters. The van der Waals surface area contributed by atoms with Gasteiger partial charge in [-0.15, -0.1) is 12.4 Å². The molecule has 0 bridgehead atoms. The smallest absolute Gasteiger partial charge is 0.236 e. The Morgan fingerprint density at radius 3 is 2.78 bits per heavy atom. The molecule has 0 radical (unpaired) electrons. The molecule has 3 rings (SSSR count). The van der Waals surface area contributed by atoms with Gasteiger partial charge in [-0.1, -0.05) is 44.2 Å². The minimum atomic E-state index is -0.768. The van der Waals surface area contributed by atoms with Crippen molar-refractivity contribution in [2.45, 2.75) is 63.5 Å². The third-order valence-electron chi connectivity index (χ3n) is 5.20. The maximum Gasteiger partial charge on any atom is 0.236 e. The number of carbonyl (C=O) groups is 1. The van der Waals surface area contributed by atoms with Crippen LogP contribution in [0, 0.1) is 5.92 Å². The van der Waals surface area contributed by atoms with Gasteiger partial charge in [-0.25, -0.2) is 4.98 Å². The number of aromatic nitrogens is 1. The number of fused-ring (bicyclic) bond motifs is 1. The van der Waals surface area contributed by atoms with Gasteiger partial charge in [0.2, 0.25) is 11.8 Å². The lowest BCUT2D eigenvalue weighted by molar-refractivity contribution is -0.122. The first-order valence-corrected chi connectivity index (χ1v) is 9.70. The van der Waals surface area contributed by atoms with E-state index in [0.29, 0.717) is 36.8 Å². The van der Waals surface area contributed by atoms with E-state index >= 15 is 0 Å². The summed E-state index contributed by atoms with van der Waals surface area (Å²) in [5.74, 6) is 0.823. The summed E-state index contributed by atoms with van der Waals surface area (Å²) in [5.41, 5.74) is 7.45. The molecule has 7 heteroatoms. The van der Waals surface area contributed by atoms with Crippen molar-refractivity contribution in [2.75, 3.05) is 6.54 Å². The highest BCUT2D eigenvalue weighted by Crippen LogP contribution is 2.27. The highest BCUT2D eigenvalue weighted by atomic mass is 35.5. The van der Waals surface area contributed by atoms with Crippen molar-refractivity contribution in [2.24, 2.45) is 11.7 Å². The highest BCUT2D eigenvalue weighted by molar-refractivity contribution is 5.85. The van der Waals surface area contributed by atoms with E-state index in [0.717, 1.165) is 11.9 Å². The highest BCUT2D eigenvalue weighted by Gasteiger charge is 2.21. The second-order valence-electron chi connectivity index (χ2n) is 7.32. The summed E-state index contributed by atoms with van der Waals surface area (Å²) in [6.07, 6.45) is 7.33. The average Bonchev–Trinajstić information content (AvgIpc) is 3.10. The van der Waals surface area contributed by atoms with Crippen molar-refractivity contribution in [3.05, 3.63) is 30.2 Å². The molecular formula is C20H30ClN3O3. The monoisotopic (exact) mass is 395 g/mol. The Hall–Kier alpha value is -1.63. The molecule has 0 saturated heterocycles. The lowest BCUT2D eigenvalue weighted by Gasteiger charge is -2.24. The molecule has 150 valence electrons. The van der Waals surface area contributed by atoms with E-state index in [-0.39, 0.29) is 18.3 Å². The minimum absolute atomic E-state index is 0. The van der Waals surface area contributed by atoms with Crippen LogP contribution in [0.25, 0.3) is 11.1 Å². The summed E-state index contributed by atoms with van der Waals surface area (Å²) >= 11 is 0. The molecule has 0 aliphatic heterocycles. The number of benzene rings is 1. The third kappa shape index (κ3) is 6.19. The second kappa shape index (κ2) is 10.6. The zero-order valence-electron chi connectivity index (χ0n) is 15.6. The number of hydrogen-bond donors (Lipinski definition) is 3. The predicted octanol–water partition coefficient (Wildman–Crippen LogP) is 3.48. The molecule has 1 saturated carbocycles. The molecule has 1 aliphatic carbocycles. The topological polar surface area (TPSA) is 101 Å². The van der Waals surface area contributed by atoms with E-state index < -0.39 is 12.1 Å². The number of nitrogens with zero attached hydrogens (tertiary/aromatic N) is 1. The average molecular weight is 396 g/mol. The fraction of sp³-hybridized carbons (Fsp3) is 0.600. The van der Waals surface area contributed by atoms with Crippen LogP contribution in [0.5, 0.6) is 0 Å². The van der Waals surface area contributed by atoms with Gasteiger partial charge in [-0.05, 0) is 37.3 Å². The number of aliphatic hydroxyl groups excluding tert-OH is 1. The van der Waals surface area contributed by atoms with E-state index in [1.807, 2.05) is 24.3 Å². The zero-order chi connectivity index (χ0) is 18.4. The van der Waals surface area contributed by atoms with E-state index in [9.17, 15) is 9.90 Å². The van der Waals surface area contributed by atoms with Gasteiger partial charge in [0.25, 0.3) is 0 Å². The molecule has 4 N–H and O–H groups in total. The lowest BCUT2D eigenvalue weighted by atomic mass is 9.85. The van der Waals surface area contributed by atoms with Gasteiger partial charge in [0.1, 0.15) is 11.6 Å². The van der Waals surface area contributed by atoms with Gasteiger partial charge >= 0.3 is 0 Å². The Labute approximate surface area is 166 Å². The van der Waals surface area contributed by atoms with E-state index in [4.69, 9.17) is 10.2 Å². The van der Waals surface area contributed by atoms with Crippen LogP contribution in [-0.2, 0) is 4.79 Å². The molecule has 1 aromatic carbocycles. The number of hydrogen-bond acceptors (Lipinski definition) is 5. The number of halogens is 1. The summed E-state index contributed by atoms with van der Waals surface area (Å²) in [7, 11) is 0. The molecule has 2 aromatic rings. The molecule has 1 aliphatic rings. The normalized spacial score (nSPS) is 17.3. The number of amides is 1. The van der Waals surface area contributed by atoms with Crippen LogP contribution in [0.1, 0.15) is 63.4 Å². The summed E-state index contributed by atoms with van der Waals surface area (Å²) in [5, 5.41) is 13.1. The molecule has 1 amide bonds. The number of carbonyl (C=O) groups excluding carboxylic acids is 1. The first-order chi connectivity index (χ1) is 12.6. The maximum atomic E-state index is 12.1. The van der Waals surface area contributed by atoms with Crippen molar-refractivity contribution in [1.82, 2.24) is 10.3 Å². The van der Waals surface area contributed by atoms with Crippen LogP contribution >= 0.6 is 12.4 Å². The van der Waals surface area contributed by atoms with Gasteiger partial charge in [-0.2, -0.15) is 0 Å². The maximum absolute atomic E-state index is 12.1. The van der Waals surface area contributed by atoms with Crippen molar-refractivity contribution >= 4 is 29.4 Å². The second-order valence-corrected chi connectivity index (χ2v) is 7.32. The Bertz CT molecular complexity index is 682. The van der Waals surface area contributed by atoms with Gasteiger partial charge in [0, 0.05) is 6.54 Å². The van der Waals surface area contributed by atoms with Gasteiger partial charge < -0.3 is 20.6 Å². The predicted molar refractivity (Wildman–Crippen MR) is 108 cm³/mol. The molecule has 0 spiro atoms. The van der Waals surface area contributed by atoms with Crippen molar-refractivity contribution in [3.63, 3.8) is 0 Å². The number of nitrogens with two attached hydrogens (primary N) is 1. The van der Waals surface area contributed by atoms with Gasteiger partial charge in [-0.3, -0.25) is 4.79 Å². The standard InChI is InChI=1S/C20H29N3O3.ClH/c21-15(13-14-7-2-1-3-8-14)19(25)22-12-6-10-17(24)20-23-16-9-4-5-11-18(16)26-20;/h4-5,9,11,14-15,17,24H,1-3,6-8,10,12-13,21H2,(H,22,25);1H. The molecule has 1 aromatic heterocycles. The number of oxazole rings is 1. The van der Waals surface area contributed by atoms with Crippen LogP contribution in [0.15, 0.2) is 28.7 Å². The number of aliphatic hydroxyl groups is 1. The van der Waals surface area contributed by atoms with Gasteiger partial charge in [0.05, 0.1) is 6.04 Å². The van der Waals surface area contributed by atoms with E-state index in [1.54, 1.807) is 0 Å². The first-order valence-electron chi connectivity index (χ1n) is 9.70. The van der Waals surface area contributed by atoms with Crippen LogP contribution in [0.2, 0.25) is 0 Å². The van der Waals surface area contributed by atoms with E-state index in [1.165, 1.54) is 32.1 Å². The fourth-order valence-corrected chi connectivity index (χ4v) is 3.68. The third-order valence-corrected chi connectivity index (χ3v) is 5.20. The molecule has 1 heterocycles. The Morgan fingerprint density at radius 2 is 2.04 bits per heavy atom. The Balaban J connectivity index is 0.00000261. The summed E-state index contributed by atoms with van der Waals surface area (Å²) < 4.78 is 5.56. The zero-order valence-corrected chi connectivity index (χ0v) is 16.4. The number of rotatable bonds is 8. The van der Waals surface area contributed by atoms with Crippen LogP contribution in [0.3, 0.4) is 0 Å². The summed E-state index contributed by atoms with van der Waals surface area (Å²) in [4.78, 5) is 16.4.